The molecule has 1 heterocycles. The van der Waals surface area contributed by atoms with E-state index in [4.69, 9.17) is 0 Å². The lowest BCUT2D eigenvalue weighted by atomic mass is 10.1. The summed E-state index contributed by atoms with van der Waals surface area (Å²) in [5, 5.41) is 0.811. The van der Waals surface area contributed by atoms with Gasteiger partial charge in [-0.05, 0) is 49.6 Å². The van der Waals surface area contributed by atoms with E-state index in [2.05, 4.69) is 9.71 Å². The highest BCUT2D eigenvalue weighted by Gasteiger charge is 2.15. The first-order valence-electron chi connectivity index (χ1n) is 7.54. The topological polar surface area (TPSA) is 96.1 Å². The molecule has 128 valence electrons. The zero-order chi connectivity index (χ0) is 18.2. The summed E-state index contributed by atoms with van der Waals surface area (Å²) in [5.41, 5.74) is 1.70. The van der Waals surface area contributed by atoms with Gasteiger partial charge in [-0.2, -0.15) is 0 Å². The van der Waals surface area contributed by atoms with Crippen LogP contribution in [0.5, 0.6) is 0 Å². The van der Waals surface area contributed by atoms with Crippen LogP contribution in [0.1, 0.15) is 22.8 Å². The lowest BCUT2D eigenvalue weighted by molar-refractivity contribution is 0.101. The van der Waals surface area contributed by atoms with Crippen molar-refractivity contribution in [3.63, 3.8) is 0 Å². The fourth-order valence-electron chi connectivity index (χ4n) is 2.46. The molecule has 1 aromatic heterocycles. The number of ketones is 1. The monoisotopic (exact) mass is 356 g/mol. The van der Waals surface area contributed by atoms with Gasteiger partial charge in [0.15, 0.2) is 5.78 Å². The van der Waals surface area contributed by atoms with Crippen LogP contribution in [-0.2, 0) is 10.0 Å². The number of hydrogen-bond acceptors (Lipinski definition) is 4. The number of aromatic nitrogens is 1. The van der Waals surface area contributed by atoms with E-state index in [1.54, 1.807) is 31.2 Å². The van der Waals surface area contributed by atoms with Crippen molar-refractivity contribution in [2.75, 3.05) is 4.72 Å². The zero-order valence-electron chi connectivity index (χ0n) is 13.7. The SMILES string of the molecule is CC(=O)c1ccc(S(=O)(=O)Nc2ccc3cc(C)c(=O)[nH]c3c2)cc1. The Kier molecular flexibility index (Phi) is 4.18. The maximum atomic E-state index is 12.5. The van der Waals surface area contributed by atoms with Gasteiger partial charge in [-0.15, -0.1) is 0 Å². The number of rotatable bonds is 4. The van der Waals surface area contributed by atoms with E-state index in [0.29, 0.717) is 22.3 Å². The van der Waals surface area contributed by atoms with Gasteiger partial charge in [-0.3, -0.25) is 14.3 Å². The van der Waals surface area contributed by atoms with Gasteiger partial charge in [0.25, 0.3) is 15.6 Å². The van der Waals surface area contributed by atoms with Crippen LogP contribution in [0.2, 0.25) is 0 Å². The smallest absolute Gasteiger partial charge is 0.261 e. The number of sulfonamides is 1. The fourth-order valence-corrected chi connectivity index (χ4v) is 3.51. The Hall–Kier alpha value is -2.93. The number of carbonyl (C=O) groups excluding carboxylic acids is 1. The molecule has 0 atom stereocenters. The highest BCUT2D eigenvalue weighted by molar-refractivity contribution is 7.92. The number of fused-ring (bicyclic) bond motifs is 1. The van der Waals surface area contributed by atoms with Gasteiger partial charge in [0.2, 0.25) is 0 Å². The minimum Gasteiger partial charge on any atom is -0.322 e. The molecule has 3 rings (SSSR count). The third-order valence-corrected chi connectivity index (χ3v) is 5.25. The molecule has 0 saturated heterocycles. The quantitative estimate of drug-likeness (QED) is 0.703. The molecule has 0 saturated carbocycles. The number of carbonyl (C=O) groups is 1. The number of nitrogens with one attached hydrogen (secondary N) is 2. The summed E-state index contributed by atoms with van der Waals surface area (Å²) in [7, 11) is -3.80. The van der Waals surface area contributed by atoms with Gasteiger partial charge in [0.1, 0.15) is 0 Å². The van der Waals surface area contributed by atoms with Crippen LogP contribution in [0.25, 0.3) is 10.9 Å². The minimum atomic E-state index is -3.80. The summed E-state index contributed by atoms with van der Waals surface area (Å²) in [6.07, 6.45) is 0. The second kappa shape index (κ2) is 6.18. The lowest BCUT2D eigenvalue weighted by Gasteiger charge is -2.09. The van der Waals surface area contributed by atoms with E-state index in [1.165, 1.54) is 31.2 Å². The van der Waals surface area contributed by atoms with Crippen molar-refractivity contribution in [3.8, 4) is 0 Å². The fraction of sp³-hybridized carbons (Fsp3) is 0.111. The molecule has 0 aliphatic rings. The average Bonchev–Trinajstić information content (AvgIpc) is 2.56. The van der Waals surface area contributed by atoms with E-state index in [1.807, 2.05) is 0 Å². The molecule has 2 aromatic carbocycles. The Labute approximate surface area is 144 Å². The third-order valence-electron chi connectivity index (χ3n) is 3.86. The molecule has 6 nitrogen and oxygen atoms in total. The predicted octanol–water partition coefficient (Wildman–Crippen LogP) is 2.84. The summed E-state index contributed by atoms with van der Waals surface area (Å²) in [5.74, 6) is -0.134. The summed E-state index contributed by atoms with van der Waals surface area (Å²) in [4.78, 5) is 25.8. The number of aryl methyl sites for hydroxylation is 1. The maximum absolute atomic E-state index is 12.5. The predicted molar refractivity (Wildman–Crippen MR) is 96.6 cm³/mol. The number of Topliss-reactive ketones (excluding diaryl/α,β-unsaturated/α-hetero) is 1. The van der Waals surface area contributed by atoms with Crippen LogP contribution in [0.4, 0.5) is 5.69 Å². The van der Waals surface area contributed by atoms with Crippen LogP contribution in [0.15, 0.2) is 58.2 Å². The Balaban J connectivity index is 1.94. The highest BCUT2D eigenvalue weighted by atomic mass is 32.2. The normalized spacial score (nSPS) is 11.4. The van der Waals surface area contributed by atoms with Crippen molar-refractivity contribution >= 4 is 32.4 Å². The Morgan fingerprint density at radius 2 is 1.72 bits per heavy atom. The molecule has 3 aromatic rings. The van der Waals surface area contributed by atoms with E-state index >= 15 is 0 Å². The lowest BCUT2D eigenvalue weighted by Crippen LogP contribution is -2.13. The van der Waals surface area contributed by atoms with E-state index < -0.39 is 10.0 Å². The second-order valence-electron chi connectivity index (χ2n) is 5.77. The maximum Gasteiger partial charge on any atom is 0.261 e. The summed E-state index contributed by atoms with van der Waals surface area (Å²) >= 11 is 0. The van der Waals surface area contributed by atoms with Crippen molar-refractivity contribution < 1.29 is 13.2 Å². The molecule has 0 spiro atoms. The number of hydrogen-bond donors (Lipinski definition) is 2. The Bertz CT molecular complexity index is 1130. The standard InChI is InChI=1S/C18H16N2O4S/c1-11-9-14-3-6-15(10-17(14)19-18(11)22)20-25(23,24)16-7-4-13(5-8-16)12(2)21/h3-10,20H,1-2H3,(H,19,22). The van der Waals surface area contributed by atoms with Crippen LogP contribution in [0, 0.1) is 6.92 Å². The first-order chi connectivity index (χ1) is 11.8. The molecule has 7 heteroatoms. The number of anilines is 1. The molecule has 0 unspecified atom stereocenters. The van der Waals surface area contributed by atoms with Crippen LogP contribution in [-0.4, -0.2) is 19.2 Å². The third kappa shape index (κ3) is 3.46. The van der Waals surface area contributed by atoms with Crippen molar-refractivity contribution in [2.45, 2.75) is 18.7 Å². The summed E-state index contributed by atoms with van der Waals surface area (Å²) < 4.78 is 27.4. The van der Waals surface area contributed by atoms with Gasteiger partial charge < -0.3 is 4.98 Å². The van der Waals surface area contributed by atoms with Crippen molar-refractivity contribution in [1.29, 1.82) is 0 Å². The van der Waals surface area contributed by atoms with Gasteiger partial charge in [0.05, 0.1) is 16.1 Å². The average molecular weight is 356 g/mol. The first-order valence-corrected chi connectivity index (χ1v) is 9.02. The van der Waals surface area contributed by atoms with Crippen molar-refractivity contribution in [1.82, 2.24) is 4.98 Å². The molecule has 2 N–H and O–H groups in total. The molecule has 0 fully saturated rings. The molecule has 25 heavy (non-hydrogen) atoms. The molecule has 0 aliphatic carbocycles. The van der Waals surface area contributed by atoms with Crippen molar-refractivity contribution in [2.24, 2.45) is 0 Å². The minimum absolute atomic E-state index is 0.0509. The highest BCUT2D eigenvalue weighted by Crippen LogP contribution is 2.21. The van der Waals surface area contributed by atoms with Crippen LogP contribution < -0.4 is 10.3 Å². The molecule has 0 aliphatic heterocycles. The molecular weight excluding hydrogens is 340 g/mol. The molecule has 0 amide bonds. The number of aromatic amines is 1. The van der Waals surface area contributed by atoms with Gasteiger partial charge >= 0.3 is 0 Å². The van der Waals surface area contributed by atoms with Crippen molar-refractivity contribution in [3.05, 3.63) is 70.0 Å². The van der Waals surface area contributed by atoms with E-state index in [0.717, 1.165) is 5.39 Å². The summed E-state index contributed by atoms with van der Waals surface area (Å²) in [6, 6.07) is 12.4. The molecule has 0 radical (unpaired) electrons. The van der Waals surface area contributed by atoms with E-state index in [9.17, 15) is 18.0 Å². The van der Waals surface area contributed by atoms with Crippen LogP contribution in [0.3, 0.4) is 0 Å². The van der Waals surface area contributed by atoms with Gasteiger partial charge in [-0.25, -0.2) is 8.42 Å². The Morgan fingerprint density at radius 3 is 2.36 bits per heavy atom. The number of benzene rings is 2. The van der Waals surface area contributed by atoms with Gasteiger partial charge in [-0.1, -0.05) is 18.2 Å². The number of pyridine rings is 1. The first kappa shape index (κ1) is 16.9. The zero-order valence-corrected chi connectivity index (χ0v) is 14.5. The molecule has 0 bridgehead atoms. The Morgan fingerprint density at radius 1 is 1.04 bits per heavy atom. The summed E-state index contributed by atoms with van der Waals surface area (Å²) in [6.45, 7) is 3.12. The molecular formula is C18H16N2O4S. The van der Waals surface area contributed by atoms with E-state index in [-0.39, 0.29) is 16.2 Å². The van der Waals surface area contributed by atoms with Gasteiger partial charge in [0, 0.05) is 11.1 Å². The number of H-pyrrole nitrogens is 1. The largest absolute Gasteiger partial charge is 0.322 e. The van der Waals surface area contributed by atoms with Crippen LogP contribution >= 0.6 is 0 Å². The second-order valence-corrected chi connectivity index (χ2v) is 7.45.